The van der Waals surface area contributed by atoms with Gasteiger partial charge in [-0.1, -0.05) is 42.5 Å². The first kappa shape index (κ1) is 15.1. The molecule has 0 saturated carbocycles. The number of para-hydroxylation sites is 5. The van der Waals surface area contributed by atoms with E-state index < -0.39 is 0 Å². The molecule has 0 saturated heterocycles. The molecule has 0 amide bonds. The highest BCUT2D eigenvalue weighted by molar-refractivity contribution is 6.16. The van der Waals surface area contributed by atoms with Crippen LogP contribution in [-0.4, -0.2) is 4.57 Å². The summed E-state index contributed by atoms with van der Waals surface area (Å²) in [5, 5.41) is 2.30. The third-order valence-electron chi connectivity index (χ3n) is 5.96. The molecule has 4 heteroatoms. The largest absolute Gasteiger partial charge is 0.453 e. The molecule has 5 aromatic rings. The Balaban J connectivity index is 1.68. The first-order valence-electron chi connectivity index (χ1n) is 9.69. The summed E-state index contributed by atoms with van der Waals surface area (Å²) < 4.78 is 15.1. The summed E-state index contributed by atoms with van der Waals surface area (Å²) in [6.07, 6.45) is 0. The van der Waals surface area contributed by atoms with Crippen molar-refractivity contribution in [3.05, 3.63) is 78.9 Å². The molecule has 3 heterocycles. The van der Waals surface area contributed by atoms with Gasteiger partial charge in [-0.25, -0.2) is 0 Å². The summed E-state index contributed by atoms with van der Waals surface area (Å²) in [6.45, 7) is 0. The summed E-state index contributed by atoms with van der Waals surface area (Å²) >= 11 is 0. The van der Waals surface area contributed by atoms with Crippen molar-refractivity contribution in [1.29, 1.82) is 0 Å². The van der Waals surface area contributed by atoms with E-state index >= 15 is 0 Å². The molecule has 138 valence electrons. The lowest BCUT2D eigenvalue weighted by Gasteiger charge is -2.38. The molecule has 0 bridgehead atoms. The fourth-order valence-electron chi connectivity index (χ4n) is 4.69. The van der Waals surface area contributed by atoms with Crippen LogP contribution in [0.3, 0.4) is 0 Å². The fourth-order valence-corrected chi connectivity index (χ4v) is 4.69. The van der Waals surface area contributed by atoms with Crippen LogP contribution in [-0.2, 0) is 7.05 Å². The molecular weight excluding hydrogens is 360 g/mol. The van der Waals surface area contributed by atoms with Gasteiger partial charge in [-0.3, -0.25) is 4.90 Å². The zero-order chi connectivity index (χ0) is 19.1. The molecule has 4 nitrogen and oxygen atoms in total. The Labute approximate surface area is 167 Å². The van der Waals surface area contributed by atoms with Crippen LogP contribution in [0.15, 0.2) is 78.9 Å². The van der Waals surface area contributed by atoms with E-state index in [1.807, 2.05) is 36.4 Å². The summed E-state index contributed by atoms with van der Waals surface area (Å²) in [6, 6.07) is 26.9. The van der Waals surface area contributed by atoms with E-state index in [-0.39, 0.29) is 0 Å². The van der Waals surface area contributed by atoms with Crippen LogP contribution in [0.25, 0.3) is 21.8 Å². The van der Waals surface area contributed by atoms with Gasteiger partial charge < -0.3 is 14.0 Å². The van der Waals surface area contributed by atoms with Gasteiger partial charge in [-0.2, -0.15) is 0 Å². The van der Waals surface area contributed by atoms with E-state index in [9.17, 15) is 0 Å². The minimum Gasteiger partial charge on any atom is -0.453 e. The molecule has 1 aromatic heterocycles. The number of ether oxygens (including phenoxy) is 2. The van der Waals surface area contributed by atoms with E-state index in [2.05, 4.69) is 59.0 Å². The summed E-state index contributed by atoms with van der Waals surface area (Å²) in [4.78, 5) is 2.27. The Bertz CT molecular complexity index is 1470. The Kier molecular flexibility index (Phi) is 2.66. The smallest absolute Gasteiger partial charge is 0.165 e. The highest BCUT2D eigenvalue weighted by Gasteiger charge is 2.36. The van der Waals surface area contributed by atoms with Crippen LogP contribution in [0, 0.1) is 0 Å². The number of fused-ring (bicyclic) bond motifs is 8. The molecular formula is C25H16N2O2. The standard InChI is InChI=1S/C25H16N2O2/c1-26-16-9-3-2-8-15(16)23-19(26)14-22-24-25(23)29-21-13-7-5-11-18(21)27(24)17-10-4-6-12-20(17)28-22/h2-14H,1H3. The van der Waals surface area contributed by atoms with E-state index in [0.29, 0.717) is 0 Å². The lowest BCUT2D eigenvalue weighted by atomic mass is 10.0. The lowest BCUT2D eigenvalue weighted by molar-refractivity contribution is 0.450. The zero-order valence-corrected chi connectivity index (χ0v) is 15.7. The van der Waals surface area contributed by atoms with Crippen molar-refractivity contribution in [3.8, 4) is 23.0 Å². The first-order chi connectivity index (χ1) is 14.3. The predicted octanol–water partition coefficient (Wildman–Crippen LogP) is 7.01. The lowest BCUT2D eigenvalue weighted by Crippen LogP contribution is -2.20. The van der Waals surface area contributed by atoms with E-state index in [0.717, 1.165) is 51.0 Å². The predicted molar refractivity (Wildman–Crippen MR) is 115 cm³/mol. The van der Waals surface area contributed by atoms with Gasteiger partial charge in [0.05, 0.1) is 22.3 Å². The maximum Gasteiger partial charge on any atom is 0.165 e. The second-order valence-corrected chi connectivity index (χ2v) is 7.50. The molecule has 7 rings (SSSR count). The summed E-state index contributed by atoms with van der Waals surface area (Å²) in [7, 11) is 2.09. The van der Waals surface area contributed by atoms with Crippen molar-refractivity contribution in [3.63, 3.8) is 0 Å². The number of benzene rings is 4. The Morgan fingerprint density at radius 3 is 2.10 bits per heavy atom. The summed E-state index contributed by atoms with van der Waals surface area (Å²) in [5.41, 5.74) is 5.28. The maximum atomic E-state index is 6.54. The van der Waals surface area contributed by atoms with Crippen LogP contribution in [0.4, 0.5) is 17.1 Å². The molecule has 0 aliphatic carbocycles. The van der Waals surface area contributed by atoms with Gasteiger partial charge >= 0.3 is 0 Å². The molecule has 0 N–H and O–H groups in total. The molecule has 0 unspecified atom stereocenters. The quantitative estimate of drug-likeness (QED) is 0.285. The molecule has 0 radical (unpaired) electrons. The van der Waals surface area contributed by atoms with Crippen molar-refractivity contribution < 1.29 is 9.47 Å². The average Bonchev–Trinajstić information content (AvgIpc) is 3.06. The van der Waals surface area contributed by atoms with E-state index in [1.165, 1.54) is 10.9 Å². The minimum absolute atomic E-state index is 0.812. The van der Waals surface area contributed by atoms with Gasteiger partial charge in [0.15, 0.2) is 23.0 Å². The van der Waals surface area contributed by atoms with Gasteiger partial charge in [0, 0.05) is 24.0 Å². The van der Waals surface area contributed by atoms with Crippen molar-refractivity contribution in [1.82, 2.24) is 4.57 Å². The third-order valence-corrected chi connectivity index (χ3v) is 5.96. The number of rotatable bonds is 0. The normalized spacial score (nSPS) is 13.5. The Morgan fingerprint density at radius 2 is 1.31 bits per heavy atom. The van der Waals surface area contributed by atoms with Gasteiger partial charge in [0.25, 0.3) is 0 Å². The number of anilines is 3. The topological polar surface area (TPSA) is 26.6 Å². The highest BCUT2D eigenvalue weighted by atomic mass is 16.5. The molecule has 2 aliphatic rings. The maximum absolute atomic E-state index is 6.54. The van der Waals surface area contributed by atoms with Gasteiger partial charge in [-0.15, -0.1) is 0 Å². The number of nitrogens with zero attached hydrogens (tertiary/aromatic N) is 2. The molecule has 2 aliphatic heterocycles. The van der Waals surface area contributed by atoms with Crippen LogP contribution in [0.2, 0.25) is 0 Å². The monoisotopic (exact) mass is 376 g/mol. The number of hydrogen-bond donors (Lipinski definition) is 0. The van der Waals surface area contributed by atoms with Crippen molar-refractivity contribution in [2.45, 2.75) is 0 Å². The summed E-state index contributed by atoms with van der Waals surface area (Å²) in [5.74, 6) is 3.36. The van der Waals surface area contributed by atoms with Crippen molar-refractivity contribution in [2.24, 2.45) is 7.05 Å². The SMILES string of the molecule is Cn1c2ccccc2c2c3c4c(cc21)Oc1ccccc1N4c1ccccc1O3. The Morgan fingerprint density at radius 1 is 0.655 bits per heavy atom. The van der Waals surface area contributed by atoms with E-state index in [4.69, 9.17) is 9.47 Å². The molecule has 4 aromatic carbocycles. The minimum atomic E-state index is 0.812. The zero-order valence-electron chi connectivity index (χ0n) is 15.7. The molecule has 0 spiro atoms. The van der Waals surface area contributed by atoms with Crippen molar-refractivity contribution >= 4 is 38.9 Å². The third kappa shape index (κ3) is 1.79. The molecule has 29 heavy (non-hydrogen) atoms. The second-order valence-electron chi connectivity index (χ2n) is 7.50. The second kappa shape index (κ2) is 5.11. The van der Waals surface area contributed by atoms with Crippen LogP contribution in [0.1, 0.15) is 0 Å². The van der Waals surface area contributed by atoms with Gasteiger partial charge in [-0.05, 0) is 30.3 Å². The number of aryl methyl sites for hydroxylation is 1. The van der Waals surface area contributed by atoms with Gasteiger partial charge in [0.2, 0.25) is 0 Å². The Hall–Kier alpha value is -3.92. The fraction of sp³-hybridized carbons (Fsp3) is 0.0400. The molecule has 0 atom stereocenters. The van der Waals surface area contributed by atoms with Gasteiger partial charge in [0.1, 0.15) is 5.69 Å². The van der Waals surface area contributed by atoms with Crippen LogP contribution in [0.5, 0.6) is 23.0 Å². The number of aromatic nitrogens is 1. The van der Waals surface area contributed by atoms with E-state index in [1.54, 1.807) is 0 Å². The van der Waals surface area contributed by atoms with Crippen LogP contribution >= 0.6 is 0 Å². The highest BCUT2D eigenvalue weighted by Crippen LogP contribution is 2.62. The van der Waals surface area contributed by atoms with Crippen molar-refractivity contribution in [2.75, 3.05) is 4.90 Å². The average molecular weight is 376 g/mol. The van der Waals surface area contributed by atoms with Crippen LogP contribution < -0.4 is 14.4 Å². The number of hydrogen-bond acceptors (Lipinski definition) is 3. The molecule has 0 fully saturated rings. The first-order valence-corrected chi connectivity index (χ1v) is 9.69.